The molecule has 1 aliphatic rings. The Bertz CT molecular complexity index is 581. The molecule has 0 atom stereocenters. The number of piperidine rings is 1. The lowest BCUT2D eigenvalue weighted by Gasteiger charge is -2.31. The monoisotopic (exact) mass is 375 g/mol. The molecule has 1 aromatic carbocycles. The van der Waals surface area contributed by atoms with E-state index in [1.807, 2.05) is 26.0 Å². The van der Waals surface area contributed by atoms with Crippen molar-refractivity contribution in [3.05, 3.63) is 29.3 Å². The Morgan fingerprint density at radius 2 is 1.95 bits per heavy atom. The summed E-state index contributed by atoms with van der Waals surface area (Å²) in [4.78, 5) is 0.424. The van der Waals surface area contributed by atoms with Crippen molar-refractivity contribution in [3.63, 3.8) is 0 Å². The van der Waals surface area contributed by atoms with E-state index in [2.05, 4.69) is 15.9 Å². The topological polar surface area (TPSA) is 46.6 Å². The largest absolute Gasteiger partial charge is 0.377 e. The number of hydrogen-bond acceptors (Lipinski definition) is 3. The second-order valence-electron chi connectivity index (χ2n) is 5.43. The molecule has 0 saturated carbocycles. The van der Waals surface area contributed by atoms with Gasteiger partial charge in [-0.1, -0.05) is 33.6 Å². The zero-order valence-electron chi connectivity index (χ0n) is 12.5. The van der Waals surface area contributed by atoms with E-state index in [1.165, 1.54) is 0 Å². The van der Waals surface area contributed by atoms with Gasteiger partial charge in [-0.25, -0.2) is 8.42 Å². The number of rotatable bonds is 5. The Balaban J connectivity index is 2.08. The molecule has 2 rings (SSSR count). The molecule has 1 saturated heterocycles. The average molecular weight is 376 g/mol. The highest BCUT2D eigenvalue weighted by Gasteiger charge is 2.30. The fourth-order valence-corrected chi connectivity index (χ4v) is 4.54. The van der Waals surface area contributed by atoms with E-state index in [-0.39, 0.29) is 6.10 Å². The predicted octanol–water partition coefficient (Wildman–Crippen LogP) is 2.87. The molecular formula is C15H22BrNO3S. The molecule has 0 N–H and O–H groups in total. The standard InChI is InChI=1S/C15H22BrNO3S/c1-12-3-4-15(13(2)11-12)21(18,19)17-8-5-14(6-9-17)20-10-7-16/h3-4,11,14H,5-10H2,1-2H3. The normalized spacial score (nSPS) is 18.0. The van der Waals surface area contributed by atoms with Crippen LogP contribution in [0.5, 0.6) is 0 Å². The van der Waals surface area contributed by atoms with Crippen LogP contribution in [0.2, 0.25) is 0 Å². The molecule has 1 heterocycles. The van der Waals surface area contributed by atoms with E-state index >= 15 is 0 Å². The predicted molar refractivity (Wildman–Crippen MR) is 87.4 cm³/mol. The number of halogens is 1. The Hall–Kier alpha value is -0.430. The van der Waals surface area contributed by atoms with Gasteiger partial charge in [-0.05, 0) is 38.3 Å². The summed E-state index contributed by atoms with van der Waals surface area (Å²) in [5.74, 6) is 0. The number of alkyl halides is 1. The lowest BCUT2D eigenvalue weighted by atomic mass is 10.1. The molecule has 4 nitrogen and oxygen atoms in total. The van der Waals surface area contributed by atoms with Crippen molar-refractivity contribution in [1.82, 2.24) is 4.31 Å². The van der Waals surface area contributed by atoms with Gasteiger partial charge in [-0.3, -0.25) is 0 Å². The Kier molecular flexibility index (Phi) is 5.82. The van der Waals surface area contributed by atoms with Crippen LogP contribution in [0, 0.1) is 13.8 Å². The molecule has 0 aromatic heterocycles. The molecule has 0 unspecified atom stereocenters. The minimum Gasteiger partial charge on any atom is -0.377 e. The maximum Gasteiger partial charge on any atom is 0.243 e. The van der Waals surface area contributed by atoms with E-state index in [0.29, 0.717) is 24.6 Å². The van der Waals surface area contributed by atoms with Gasteiger partial charge >= 0.3 is 0 Å². The van der Waals surface area contributed by atoms with Gasteiger partial charge < -0.3 is 4.74 Å². The minimum atomic E-state index is -3.38. The summed E-state index contributed by atoms with van der Waals surface area (Å²) in [7, 11) is -3.38. The van der Waals surface area contributed by atoms with Gasteiger partial charge in [0.2, 0.25) is 10.0 Å². The summed E-state index contributed by atoms with van der Waals surface area (Å²) >= 11 is 3.33. The zero-order valence-corrected chi connectivity index (χ0v) is 14.9. The van der Waals surface area contributed by atoms with Crippen LogP contribution in [-0.4, -0.2) is 43.9 Å². The molecule has 0 spiro atoms. The molecule has 21 heavy (non-hydrogen) atoms. The molecule has 1 fully saturated rings. The average Bonchev–Trinajstić information content (AvgIpc) is 2.45. The first-order chi connectivity index (χ1) is 9.95. The van der Waals surface area contributed by atoms with Crippen LogP contribution in [0.1, 0.15) is 24.0 Å². The van der Waals surface area contributed by atoms with Gasteiger partial charge in [0.15, 0.2) is 0 Å². The summed E-state index contributed by atoms with van der Waals surface area (Å²) in [6, 6.07) is 5.48. The van der Waals surface area contributed by atoms with Gasteiger partial charge in [0.25, 0.3) is 0 Å². The smallest absolute Gasteiger partial charge is 0.243 e. The highest BCUT2D eigenvalue weighted by molar-refractivity contribution is 9.09. The van der Waals surface area contributed by atoms with Crippen LogP contribution in [0.3, 0.4) is 0 Å². The number of aryl methyl sites for hydroxylation is 2. The fourth-order valence-electron chi connectivity index (χ4n) is 2.68. The van der Waals surface area contributed by atoms with E-state index in [0.717, 1.165) is 29.3 Å². The van der Waals surface area contributed by atoms with Gasteiger partial charge in [0.1, 0.15) is 0 Å². The molecule has 1 aromatic rings. The van der Waals surface area contributed by atoms with Gasteiger partial charge in [0, 0.05) is 18.4 Å². The summed E-state index contributed by atoms with van der Waals surface area (Å²) in [6.45, 7) is 5.56. The number of nitrogens with zero attached hydrogens (tertiary/aromatic N) is 1. The second kappa shape index (κ2) is 7.22. The van der Waals surface area contributed by atoms with E-state index in [1.54, 1.807) is 10.4 Å². The van der Waals surface area contributed by atoms with Crippen molar-refractivity contribution >= 4 is 26.0 Å². The van der Waals surface area contributed by atoms with Gasteiger partial charge in [-0.15, -0.1) is 0 Å². The quantitative estimate of drug-likeness (QED) is 0.743. The first-order valence-corrected chi connectivity index (χ1v) is 9.76. The molecule has 0 radical (unpaired) electrons. The van der Waals surface area contributed by atoms with Crippen molar-refractivity contribution in [3.8, 4) is 0 Å². The summed E-state index contributed by atoms with van der Waals surface area (Å²) < 4.78 is 32.7. The van der Waals surface area contributed by atoms with Crippen LogP contribution in [0.15, 0.2) is 23.1 Å². The highest BCUT2D eigenvalue weighted by atomic mass is 79.9. The van der Waals surface area contributed by atoms with Crippen molar-refractivity contribution in [1.29, 1.82) is 0 Å². The fraction of sp³-hybridized carbons (Fsp3) is 0.600. The summed E-state index contributed by atoms with van der Waals surface area (Å²) in [6.07, 6.45) is 1.70. The third-order valence-electron chi connectivity index (χ3n) is 3.78. The lowest BCUT2D eigenvalue weighted by molar-refractivity contribution is 0.0309. The maximum atomic E-state index is 12.7. The van der Waals surface area contributed by atoms with Crippen LogP contribution >= 0.6 is 15.9 Å². The molecule has 0 aliphatic carbocycles. The third-order valence-corrected chi connectivity index (χ3v) is 6.16. The first kappa shape index (κ1) is 16.9. The van der Waals surface area contributed by atoms with E-state index in [9.17, 15) is 8.42 Å². The molecular weight excluding hydrogens is 354 g/mol. The summed E-state index contributed by atoms with van der Waals surface area (Å²) in [5, 5.41) is 0.814. The molecule has 118 valence electrons. The van der Waals surface area contributed by atoms with Crippen molar-refractivity contribution < 1.29 is 13.2 Å². The van der Waals surface area contributed by atoms with Crippen LogP contribution < -0.4 is 0 Å². The molecule has 0 amide bonds. The molecule has 1 aliphatic heterocycles. The SMILES string of the molecule is Cc1ccc(S(=O)(=O)N2CCC(OCCBr)CC2)c(C)c1. The van der Waals surface area contributed by atoms with Gasteiger partial charge in [0.05, 0.1) is 17.6 Å². The maximum absolute atomic E-state index is 12.7. The van der Waals surface area contributed by atoms with Crippen LogP contribution in [0.4, 0.5) is 0 Å². The Morgan fingerprint density at radius 1 is 1.29 bits per heavy atom. The molecule has 0 bridgehead atoms. The minimum absolute atomic E-state index is 0.174. The number of hydrogen-bond donors (Lipinski definition) is 0. The van der Waals surface area contributed by atoms with E-state index < -0.39 is 10.0 Å². The zero-order chi connectivity index (χ0) is 15.5. The number of ether oxygens (including phenoxy) is 1. The summed E-state index contributed by atoms with van der Waals surface area (Å²) in [5.41, 5.74) is 1.89. The van der Waals surface area contributed by atoms with Gasteiger partial charge in [-0.2, -0.15) is 4.31 Å². The third kappa shape index (κ3) is 4.06. The van der Waals surface area contributed by atoms with Crippen molar-refractivity contribution in [2.45, 2.75) is 37.7 Å². The highest BCUT2D eigenvalue weighted by Crippen LogP contribution is 2.24. The van der Waals surface area contributed by atoms with Crippen molar-refractivity contribution in [2.75, 3.05) is 25.0 Å². The van der Waals surface area contributed by atoms with Crippen molar-refractivity contribution in [2.24, 2.45) is 0 Å². The Morgan fingerprint density at radius 3 is 2.52 bits per heavy atom. The number of sulfonamides is 1. The number of benzene rings is 1. The molecule has 6 heteroatoms. The second-order valence-corrected chi connectivity index (χ2v) is 8.13. The van der Waals surface area contributed by atoms with Crippen LogP contribution in [-0.2, 0) is 14.8 Å². The van der Waals surface area contributed by atoms with E-state index in [4.69, 9.17) is 4.74 Å². The lowest BCUT2D eigenvalue weighted by Crippen LogP contribution is -2.41. The first-order valence-electron chi connectivity index (χ1n) is 7.20. The Labute approximate surface area is 135 Å². The van der Waals surface area contributed by atoms with Crippen LogP contribution in [0.25, 0.3) is 0 Å².